The molecule has 7 heteroatoms. The van der Waals surface area contributed by atoms with Crippen LogP contribution in [0.15, 0.2) is 18.2 Å². The van der Waals surface area contributed by atoms with Crippen molar-refractivity contribution in [2.24, 2.45) is 0 Å². The van der Waals surface area contributed by atoms with E-state index in [0.717, 1.165) is 6.07 Å². The normalized spacial score (nSPS) is 12.0. The first kappa shape index (κ1) is 18.0. The van der Waals surface area contributed by atoms with E-state index in [4.69, 9.17) is 0 Å². The zero-order chi connectivity index (χ0) is 15.9. The molecule has 1 rings (SSSR count). The minimum atomic E-state index is -3.35. The second-order valence-electron chi connectivity index (χ2n) is 5.20. The van der Waals surface area contributed by atoms with Gasteiger partial charge in [-0.3, -0.25) is 0 Å². The van der Waals surface area contributed by atoms with Gasteiger partial charge in [-0.1, -0.05) is 13.8 Å². The molecule has 0 atom stereocenters. The number of rotatable bonds is 9. The van der Waals surface area contributed by atoms with E-state index in [1.807, 2.05) is 13.8 Å². The van der Waals surface area contributed by atoms with Crippen molar-refractivity contribution in [1.82, 2.24) is 10.0 Å². The highest BCUT2D eigenvalue weighted by Gasteiger charge is 2.09. The summed E-state index contributed by atoms with van der Waals surface area (Å²) in [6, 6.07) is 3.51. The number of hydrogen-bond acceptors (Lipinski definition) is 3. The van der Waals surface area contributed by atoms with Gasteiger partial charge in [-0.2, -0.15) is 0 Å². The lowest BCUT2D eigenvalue weighted by Crippen LogP contribution is -2.31. The third-order valence-electron chi connectivity index (χ3n) is 2.80. The zero-order valence-corrected chi connectivity index (χ0v) is 13.1. The van der Waals surface area contributed by atoms with E-state index >= 15 is 0 Å². The zero-order valence-electron chi connectivity index (χ0n) is 12.3. The van der Waals surface area contributed by atoms with Crippen molar-refractivity contribution in [2.75, 3.05) is 18.8 Å². The molecule has 1 aromatic rings. The van der Waals surface area contributed by atoms with Gasteiger partial charge >= 0.3 is 0 Å². The van der Waals surface area contributed by atoms with Crippen molar-refractivity contribution >= 4 is 10.0 Å². The fourth-order valence-electron chi connectivity index (χ4n) is 1.83. The molecule has 0 bridgehead atoms. The molecule has 0 spiro atoms. The molecule has 0 aliphatic rings. The van der Waals surface area contributed by atoms with Gasteiger partial charge in [0.05, 0.1) is 5.75 Å². The van der Waals surface area contributed by atoms with Crippen LogP contribution in [0.25, 0.3) is 0 Å². The summed E-state index contributed by atoms with van der Waals surface area (Å²) in [6.45, 7) is 4.74. The summed E-state index contributed by atoms with van der Waals surface area (Å²) < 4.78 is 51.8. The minimum Gasteiger partial charge on any atom is -0.314 e. The number of halogens is 2. The van der Waals surface area contributed by atoms with Crippen molar-refractivity contribution < 1.29 is 17.2 Å². The lowest BCUT2D eigenvalue weighted by Gasteiger charge is -2.09. The van der Waals surface area contributed by atoms with E-state index in [0.29, 0.717) is 24.6 Å². The van der Waals surface area contributed by atoms with Gasteiger partial charge in [-0.25, -0.2) is 21.9 Å². The second kappa shape index (κ2) is 8.41. The molecular weight excluding hydrogens is 298 g/mol. The van der Waals surface area contributed by atoms with Gasteiger partial charge in [0.2, 0.25) is 10.0 Å². The molecule has 0 aromatic heterocycles. The number of benzene rings is 1. The van der Waals surface area contributed by atoms with E-state index in [1.54, 1.807) is 0 Å². The van der Waals surface area contributed by atoms with E-state index in [-0.39, 0.29) is 18.7 Å². The van der Waals surface area contributed by atoms with Crippen molar-refractivity contribution in [3.05, 3.63) is 35.4 Å². The van der Waals surface area contributed by atoms with Gasteiger partial charge in [0.15, 0.2) is 0 Å². The van der Waals surface area contributed by atoms with Crippen LogP contribution in [0.4, 0.5) is 8.78 Å². The summed E-state index contributed by atoms with van der Waals surface area (Å²) in [4.78, 5) is 0. The van der Waals surface area contributed by atoms with E-state index < -0.39 is 21.7 Å². The Morgan fingerprint density at radius 1 is 1.10 bits per heavy atom. The summed E-state index contributed by atoms with van der Waals surface area (Å²) in [5, 5.41) is 3.14. The SMILES string of the molecule is CC(C)NCCCS(=O)(=O)NCCc1cc(F)cc(F)c1. The van der Waals surface area contributed by atoms with E-state index in [9.17, 15) is 17.2 Å². The topological polar surface area (TPSA) is 58.2 Å². The average molecular weight is 320 g/mol. The maximum atomic E-state index is 13.0. The van der Waals surface area contributed by atoms with Crippen molar-refractivity contribution in [1.29, 1.82) is 0 Å². The highest BCUT2D eigenvalue weighted by Crippen LogP contribution is 2.08. The Hall–Kier alpha value is -1.05. The highest BCUT2D eigenvalue weighted by atomic mass is 32.2. The number of sulfonamides is 1. The summed E-state index contributed by atoms with van der Waals surface area (Å²) >= 11 is 0. The molecule has 0 heterocycles. The first-order chi connectivity index (χ1) is 9.78. The van der Waals surface area contributed by atoms with Gasteiger partial charge in [-0.05, 0) is 37.1 Å². The molecule has 21 heavy (non-hydrogen) atoms. The van der Waals surface area contributed by atoms with Gasteiger partial charge in [0.25, 0.3) is 0 Å². The highest BCUT2D eigenvalue weighted by molar-refractivity contribution is 7.89. The van der Waals surface area contributed by atoms with Crippen molar-refractivity contribution in [2.45, 2.75) is 32.7 Å². The Morgan fingerprint density at radius 2 is 1.71 bits per heavy atom. The summed E-state index contributed by atoms with van der Waals surface area (Å²) in [5.74, 6) is -1.29. The average Bonchev–Trinajstić information content (AvgIpc) is 2.33. The van der Waals surface area contributed by atoms with Crippen molar-refractivity contribution in [3.63, 3.8) is 0 Å². The van der Waals surface area contributed by atoms with Crippen LogP contribution in [0.3, 0.4) is 0 Å². The van der Waals surface area contributed by atoms with Crippen LogP contribution in [0.5, 0.6) is 0 Å². The van der Waals surface area contributed by atoms with Crippen LogP contribution in [0.2, 0.25) is 0 Å². The van der Waals surface area contributed by atoms with E-state index in [2.05, 4.69) is 10.0 Å². The first-order valence-corrected chi connectivity index (χ1v) is 8.59. The Labute approximate surface area is 125 Å². The monoisotopic (exact) mass is 320 g/mol. The quantitative estimate of drug-likeness (QED) is 0.682. The molecule has 0 saturated heterocycles. The maximum Gasteiger partial charge on any atom is 0.211 e. The Bertz CT molecular complexity index is 528. The molecule has 120 valence electrons. The molecule has 0 radical (unpaired) electrons. The smallest absolute Gasteiger partial charge is 0.211 e. The Morgan fingerprint density at radius 3 is 2.29 bits per heavy atom. The van der Waals surface area contributed by atoms with Crippen molar-refractivity contribution in [3.8, 4) is 0 Å². The molecular formula is C14H22F2N2O2S. The maximum absolute atomic E-state index is 13.0. The molecule has 0 amide bonds. The molecule has 0 aliphatic carbocycles. The molecule has 0 fully saturated rings. The number of hydrogen-bond donors (Lipinski definition) is 2. The molecule has 2 N–H and O–H groups in total. The molecule has 1 aromatic carbocycles. The van der Waals surface area contributed by atoms with Crippen LogP contribution in [0.1, 0.15) is 25.8 Å². The van der Waals surface area contributed by atoms with Gasteiger partial charge < -0.3 is 5.32 Å². The third-order valence-corrected chi connectivity index (χ3v) is 4.27. The molecule has 0 unspecified atom stereocenters. The third kappa shape index (κ3) is 8.08. The molecule has 0 aliphatic heterocycles. The fourth-order valence-corrected chi connectivity index (χ4v) is 2.91. The van der Waals surface area contributed by atoms with Crippen LogP contribution < -0.4 is 10.0 Å². The molecule has 0 saturated carbocycles. The summed E-state index contributed by atoms with van der Waals surface area (Å²) in [6.07, 6.45) is 0.764. The van der Waals surface area contributed by atoms with Crippen LogP contribution >= 0.6 is 0 Å². The van der Waals surface area contributed by atoms with E-state index in [1.165, 1.54) is 12.1 Å². The van der Waals surface area contributed by atoms with Crippen LogP contribution in [0, 0.1) is 11.6 Å². The predicted molar refractivity (Wildman–Crippen MR) is 79.6 cm³/mol. The van der Waals surface area contributed by atoms with Gasteiger partial charge in [-0.15, -0.1) is 0 Å². The first-order valence-electron chi connectivity index (χ1n) is 6.94. The minimum absolute atomic E-state index is 0.0320. The number of nitrogens with one attached hydrogen (secondary N) is 2. The molecule has 4 nitrogen and oxygen atoms in total. The standard InChI is InChI=1S/C14H22F2N2O2S/c1-11(2)17-5-3-7-21(19,20)18-6-4-12-8-13(15)10-14(16)9-12/h8-11,17-18H,3-7H2,1-2H3. The van der Waals surface area contributed by atoms with Crippen LogP contribution in [-0.2, 0) is 16.4 Å². The lowest BCUT2D eigenvalue weighted by atomic mass is 10.1. The summed E-state index contributed by atoms with van der Waals surface area (Å²) in [5.41, 5.74) is 0.427. The summed E-state index contributed by atoms with van der Waals surface area (Å²) in [7, 11) is -3.35. The van der Waals surface area contributed by atoms with Crippen LogP contribution in [-0.4, -0.2) is 33.3 Å². The second-order valence-corrected chi connectivity index (χ2v) is 7.13. The Kier molecular flexibility index (Phi) is 7.21. The van der Waals surface area contributed by atoms with Gasteiger partial charge in [0.1, 0.15) is 11.6 Å². The lowest BCUT2D eigenvalue weighted by molar-refractivity contribution is 0.560. The fraction of sp³-hybridized carbons (Fsp3) is 0.571. The van der Waals surface area contributed by atoms with Gasteiger partial charge in [0, 0.05) is 18.7 Å². The predicted octanol–water partition coefficient (Wildman–Crippen LogP) is 1.81. The Balaban J connectivity index is 2.33. The largest absolute Gasteiger partial charge is 0.314 e.